The molecule has 22 heavy (non-hydrogen) atoms. The van der Waals surface area contributed by atoms with Crippen molar-refractivity contribution in [2.24, 2.45) is 0 Å². The Kier molecular flexibility index (Phi) is 5.62. The first-order chi connectivity index (χ1) is 10.1. The summed E-state index contributed by atoms with van der Waals surface area (Å²) in [6.07, 6.45) is 0. The number of allylic oxidation sites excluding steroid dienone is 2. The summed E-state index contributed by atoms with van der Waals surface area (Å²) in [6, 6.07) is 2.36. The molecule has 0 saturated carbocycles. The third kappa shape index (κ3) is 3.42. The van der Waals surface area contributed by atoms with Gasteiger partial charge in [-0.05, 0) is 35.9 Å². The number of Topliss-reactive ketones (excluding diaryl/α,β-unsaturated/α-hetero) is 2. The highest BCUT2D eigenvalue weighted by Crippen LogP contribution is 2.15. The minimum absolute atomic E-state index is 0.0576. The monoisotopic (exact) mass is 302 g/mol. The summed E-state index contributed by atoms with van der Waals surface area (Å²) >= 11 is 0. The molecule has 0 aliphatic carbocycles. The van der Waals surface area contributed by atoms with Crippen LogP contribution in [0, 0.1) is 0 Å². The van der Waals surface area contributed by atoms with Crippen LogP contribution in [0.25, 0.3) is 0 Å². The predicted molar refractivity (Wildman–Crippen MR) is 84.4 cm³/mol. The summed E-state index contributed by atoms with van der Waals surface area (Å²) in [4.78, 5) is 24.5. The molecule has 0 aromatic heterocycles. The van der Waals surface area contributed by atoms with Crippen LogP contribution in [-0.2, 0) is 0 Å². The van der Waals surface area contributed by atoms with E-state index in [2.05, 4.69) is 13.2 Å². The molecule has 0 bridgehead atoms. The Morgan fingerprint density at radius 1 is 0.909 bits per heavy atom. The molecule has 114 valence electrons. The van der Waals surface area contributed by atoms with Gasteiger partial charge in [0.05, 0.1) is 0 Å². The van der Waals surface area contributed by atoms with Crippen molar-refractivity contribution in [3.63, 3.8) is 0 Å². The minimum atomic E-state index is -2.17. The van der Waals surface area contributed by atoms with Crippen molar-refractivity contribution in [3.05, 3.63) is 47.6 Å². The van der Waals surface area contributed by atoms with Gasteiger partial charge >= 0.3 is 14.2 Å². The molecule has 1 aromatic carbocycles. The van der Waals surface area contributed by atoms with E-state index in [1.807, 2.05) is 0 Å². The first-order valence-electron chi connectivity index (χ1n) is 6.39. The third-order valence-corrected chi connectivity index (χ3v) is 3.06. The smallest absolute Gasteiger partial charge is 0.423 e. The van der Waals surface area contributed by atoms with Gasteiger partial charge in [-0.2, -0.15) is 0 Å². The molecule has 0 saturated heterocycles. The van der Waals surface area contributed by atoms with E-state index in [9.17, 15) is 29.7 Å². The average Bonchev–Trinajstić information content (AvgIpc) is 2.43. The van der Waals surface area contributed by atoms with Gasteiger partial charge in [-0.1, -0.05) is 25.3 Å². The van der Waals surface area contributed by atoms with Crippen LogP contribution in [0.3, 0.4) is 0 Å². The van der Waals surface area contributed by atoms with E-state index >= 15 is 0 Å². The molecular weight excluding hydrogens is 286 g/mol. The summed E-state index contributed by atoms with van der Waals surface area (Å²) in [5.74, 6) is -1.26. The highest BCUT2D eigenvalue weighted by Gasteiger charge is 2.32. The number of benzene rings is 1. The van der Waals surface area contributed by atoms with Gasteiger partial charge < -0.3 is 20.1 Å². The molecule has 0 amide bonds. The standard InChI is InChI=1S/C14H16B2O6/c1-7(2)13(17)9-5-6-10(15(19)20)12(16(21)22)11(9)14(18)8(3)4/h5-6,19-22H,1,3H2,2,4H3. The van der Waals surface area contributed by atoms with Crippen LogP contribution < -0.4 is 10.9 Å². The van der Waals surface area contributed by atoms with Crippen molar-refractivity contribution in [1.82, 2.24) is 0 Å². The molecule has 1 aromatic rings. The fraction of sp³-hybridized carbons (Fsp3) is 0.143. The van der Waals surface area contributed by atoms with Gasteiger partial charge in [-0.25, -0.2) is 0 Å². The predicted octanol–water partition coefficient (Wildman–Crippen LogP) is -1.44. The molecule has 0 atom stereocenters. The number of carbonyl (C=O) groups excluding carboxylic acids is 2. The molecule has 1 rings (SSSR count). The first-order valence-corrected chi connectivity index (χ1v) is 6.39. The third-order valence-electron chi connectivity index (χ3n) is 3.06. The summed E-state index contributed by atoms with van der Waals surface area (Å²) in [5.41, 5.74) is -0.934. The van der Waals surface area contributed by atoms with Crippen molar-refractivity contribution in [2.75, 3.05) is 0 Å². The van der Waals surface area contributed by atoms with E-state index in [0.717, 1.165) is 6.07 Å². The van der Waals surface area contributed by atoms with Crippen molar-refractivity contribution in [1.29, 1.82) is 0 Å². The maximum absolute atomic E-state index is 12.3. The molecule has 8 heteroatoms. The van der Waals surface area contributed by atoms with E-state index in [0.29, 0.717) is 0 Å². The maximum Gasteiger partial charge on any atom is 0.488 e. The molecule has 0 unspecified atom stereocenters. The van der Waals surface area contributed by atoms with Gasteiger partial charge in [0.25, 0.3) is 0 Å². The number of carbonyl (C=O) groups is 2. The van der Waals surface area contributed by atoms with Crippen LogP contribution in [0.4, 0.5) is 0 Å². The highest BCUT2D eigenvalue weighted by molar-refractivity contribution is 6.73. The molecular formula is C14H16B2O6. The van der Waals surface area contributed by atoms with E-state index in [-0.39, 0.29) is 27.7 Å². The fourth-order valence-electron chi connectivity index (χ4n) is 2.02. The second-order valence-electron chi connectivity index (χ2n) is 4.96. The number of hydrogen-bond donors (Lipinski definition) is 4. The largest absolute Gasteiger partial charge is 0.488 e. The second kappa shape index (κ2) is 6.85. The number of rotatable bonds is 6. The molecule has 6 nitrogen and oxygen atoms in total. The summed E-state index contributed by atoms with van der Waals surface area (Å²) in [6.45, 7) is 9.82. The zero-order valence-electron chi connectivity index (χ0n) is 12.3. The lowest BCUT2D eigenvalue weighted by atomic mass is 9.62. The fourth-order valence-corrected chi connectivity index (χ4v) is 2.02. The lowest BCUT2D eigenvalue weighted by Gasteiger charge is -2.17. The Balaban J connectivity index is 3.85. The Morgan fingerprint density at radius 3 is 1.77 bits per heavy atom. The molecule has 0 radical (unpaired) electrons. The molecule has 4 N–H and O–H groups in total. The highest BCUT2D eigenvalue weighted by atomic mass is 16.4. The molecule has 0 fully saturated rings. The Hall–Kier alpha value is -1.99. The van der Waals surface area contributed by atoms with Gasteiger partial charge in [0, 0.05) is 11.1 Å². The van der Waals surface area contributed by atoms with Crippen LogP contribution in [-0.4, -0.2) is 45.9 Å². The van der Waals surface area contributed by atoms with Gasteiger partial charge in [0.2, 0.25) is 0 Å². The summed E-state index contributed by atoms with van der Waals surface area (Å²) in [7, 11) is -4.21. The average molecular weight is 302 g/mol. The molecule has 0 aliphatic rings. The molecule has 0 spiro atoms. The normalized spacial score (nSPS) is 10.1. The van der Waals surface area contributed by atoms with Crippen LogP contribution in [0.1, 0.15) is 34.6 Å². The Labute approximate surface area is 128 Å². The van der Waals surface area contributed by atoms with Crippen molar-refractivity contribution in [2.45, 2.75) is 13.8 Å². The lowest BCUT2D eigenvalue weighted by Crippen LogP contribution is -2.52. The Morgan fingerprint density at radius 2 is 1.41 bits per heavy atom. The van der Waals surface area contributed by atoms with Gasteiger partial charge in [0.1, 0.15) is 0 Å². The summed E-state index contributed by atoms with van der Waals surface area (Å²) < 4.78 is 0. The minimum Gasteiger partial charge on any atom is -0.423 e. The van der Waals surface area contributed by atoms with Crippen LogP contribution in [0.5, 0.6) is 0 Å². The zero-order valence-corrected chi connectivity index (χ0v) is 12.3. The van der Waals surface area contributed by atoms with Gasteiger partial charge in [-0.15, -0.1) is 0 Å². The quantitative estimate of drug-likeness (QED) is 0.291. The van der Waals surface area contributed by atoms with Crippen molar-refractivity contribution >= 4 is 36.7 Å². The number of ketones is 2. The molecule has 0 heterocycles. The van der Waals surface area contributed by atoms with Crippen LogP contribution >= 0.6 is 0 Å². The van der Waals surface area contributed by atoms with Crippen molar-refractivity contribution in [3.8, 4) is 0 Å². The van der Waals surface area contributed by atoms with Crippen molar-refractivity contribution < 1.29 is 29.7 Å². The SMILES string of the molecule is C=C(C)C(=O)c1ccc(B(O)O)c(B(O)O)c1C(=O)C(=C)C. The Bertz CT molecular complexity index is 664. The first kappa shape index (κ1) is 18.1. The van der Waals surface area contributed by atoms with Crippen LogP contribution in [0.2, 0.25) is 0 Å². The van der Waals surface area contributed by atoms with E-state index in [4.69, 9.17) is 0 Å². The van der Waals surface area contributed by atoms with Gasteiger partial charge in [0.15, 0.2) is 11.6 Å². The summed E-state index contributed by atoms with van der Waals surface area (Å²) in [5, 5.41) is 37.7. The van der Waals surface area contributed by atoms with E-state index in [1.54, 1.807) is 0 Å². The molecule has 0 aliphatic heterocycles. The number of hydrogen-bond acceptors (Lipinski definition) is 6. The van der Waals surface area contributed by atoms with E-state index < -0.39 is 31.3 Å². The van der Waals surface area contributed by atoms with E-state index in [1.165, 1.54) is 19.9 Å². The maximum atomic E-state index is 12.3. The van der Waals surface area contributed by atoms with Crippen LogP contribution in [0.15, 0.2) is 36.4 Å². The topological polar surface area (TPSA) is 115 Å². The second-order valence-corrected chi connectivity index (χ2v) is 4.96. The zero-order chi connectivity index (χ0) is 17.2. The van der Waals surface area contributed by atoms with Gasteiger partial charge in [-0.3, -0.25) is 9.59 Å². The lowest BCUT2D eigenvalue weighted by molar-refractivity contribution is 0.1000.